The summed E-state index contributed by atoms with van der Waals surface area (Å²) < 4.78 is 68.6. The summed E-state index contributed by atoms with van der Waals surface area (Å²) in [6, 6.07) is 7.18. The SMILES string of the molecule is Fc1cc(F)cc(COc2cccc([B-](F)(F)F)c2)c1.[K+]. The molecule has 21 heavy (non-hydrogen) atoms. The Morgan fingerprint density at radius 1 is 0.905 bits per heavy atom. The van der Waals surface area contributed by atoms with E-state index in [4.69, 9.17) is 4.74 Å². The van der Waals surface area contributed by atoms with E-state index in [0.717, 1.165) is 24.3 Å². The summed E-state index contributed by atoms with van der Waals surface area (Å²) in [5, 5.41) is 0. The molecule has 0 atom stereocenters. The zero-order valence-corrected chi connectivity index (χ0v) is 14.2. The van der Waals surface area contributed by atoms with Crippen LogP contribution in [0.25, 0.3) is 0 Å². The number of hydrogen-bond acceptors (Lipinski definition) is 1. The van der Waals surface area contributed by atoms with Crippen LogP contribution in [0, 0.1) is 11.6 Å². The van der Waals surface area contributed by atoms with Gasteiger partial charge in [0.1, 0.15) is 24.0 Å². The van der Waals surface area contributed by atoms with E-state index in [1.54, 1.807) is 0 Å². The topological polar surface area (TPSA) is 9.23 Å². The third kappa shape index (κ3) is 5.71. The fourth-order valence-electron chi connectivity index (χ4n) is 1.67. The maximum atomic E-state index is 12.9. The number of rotatable bonds is 4. The van der Waals surface area contributed by atoms with Crippen molar-refractivity contribution >= 4 is 12.4 Å². The summed E-state index contributed by atoms with van der Waals surface area (Å²) in [6.07, 6.45) is 0. The zero-order valence-electron chi connectivity index (χ0n) is 11.1. The van der Waals surface area contributed by atoms with Crippen LogP contribution in [0.3, 0.4) is 0 Å². The molecular formula is C13H9BF5KO. The molecule has 0 amide bonds. The van der Waals surface area contributed by atoms with Gasteiger partial charge in [0.05, 0.1) is 0 Å². The maximum Gasteiger partial charge on any atom is 1.00 e. The van der Waals surface area contributed by atoms with Crippen molar-refractivity contribution in [2.45, 2.75) is 6.61 Å². The first-order valence-electron chi connectivity index (χ1n) is 5.72. The minimum absolute atomic E-state index is 0. The van der Waals surface area contributed by atoms with Crippen LogP contribution in [-0.4, -0.2) is 6.98 Å². The standard InChI is InChI=1S/C13H9BF5O.K/c15-11-4-9(5-12(16)7-11)8-20-13-3-1-2-10(6-13)14(17,18)19;/h1-7H,8H2;/q-1;+1. The summed E-state index contributed by atoms with van der Waals surface area (Å²) in [7, 11) is 0. The molecule has 106 valence electrons. The Bertz CT molecular complexity index is 598. The van der Waals surface area contributed by atoms with Crippen molar-refractivity contribution < 1.29 is 77.8 Å². The van der Waals surface area contributed by atoms with Crippen LogP contribution in [0.1, 0.15) is 5.56 Å². The predicted octanol–water partition coefficient (Wildman–Crippen LogP) is 0.602. The van der Waals surface area contributed by atoms with E-state index < -0.39 is 24.1 Å². The Kier molecular flexibility index (Phi) is 6.86. The molecule has 0 N–H and O–H groups in total. The molecule has 2 rings (SSSR count). The first-order chi connectivity index (χ1) is 9.34. The second kappa shape index (κ2) is 7.73. The zero-order chi connectivity index (χ0) is 14.8. The van der Waals surface area contributed by atoms with Crippen LogP contribution in [0.5, 0.6) is 5.75 Å². The molecule has 0 unspecified atom stereocenters. The smallest absolute Gasteiger partial charge is 0.489 e. The second-order valence-electron chi connectivity index (χ2n) is 4.21. The van der Waals surface area contributed by atoms with Gasteiger partial charge < -0.3 is 17.7 Å². The van der Waals surface area contributed by atoms with E-state index in [1.165, 1.54) is 12.1 Å². The Labute approximate surface area is 161 Å². The fraction of sp³-hybridized carbons (Fsp3) is 0.0769. The number of halogens is 5. The van der Waals surface area contributed by atoms with Gasteiger partial charge >= 0.3 is 58.4 Å². The number of ether oxygens (including phenoxy) is 1. The summed E-state index contributed by atoms with van der Waals surface area (Å²) in [5.74, 6) is -1.54. The largest absolute Gasteiger partial charge is 1.00 e. The van der Waals surface area contributed by atoms with E-state index >= 15 is 0 Å². The van der Waals surface area contributed by atoms with Crippen LogP contribution in [-0.2, 0) is 6.61 Å². The van der Waals surface area contributed by atoms with E-state index in [9.17, 15) is 21.7 Å². The van der Waals surface area contributed by atoms with Gasteiger partial charge in [-0.3, -0.25) is 0 Å². The van der Waals surface area contributed by atoms with Crippen LogP contribution in [0.15, 0.2) is 42.5 Å². The van der Waals surface area contributed by atoms with Crippen molar-refractivity contribution in [2.24, 2.45) is 0 Å². The third-order valence-corrected chi connectivity index (χ3v) is 2.56. The molecule has 1 nitrogen and oxygen atoms in total. The van der Waals surface area contributed by atoms with Crippen molar-refractivity contribution in [1.29, 1.82) is 0 Å². The molecule has 0 spiro atoms. The van der Waals surface area contributed by atoms with Crippen molar-refractivity contribution in [1.82, 2.24) is 0 Å². The average Bonchev–Trinajstić information content (AvgIpc) is 2.35. The van der Waals surface area contributed by atoms with Crippen LogP contribution in [0.4, 0.5) is 21.7 Å². The van der Waals surface area contributed by atoms with Crippen molar-refractivity contribution in [2.75, 3.05) is 0 Å². The molecule has 0 fully saturated rings. The normalized spacial score (nSPS) is 10.9. The maximum absolute atomic E-state index is 12.9. The van der Waals surface area contributed by atoms with E-state index in [-0.39, 0.29) is 69.3 Å². The minimum Gasteiger partial charge on any atom is -0.489 e. The fourth-order valence-corrected chi connectivity index (χ4v) is 1.67. The molecule has 0 bridgehead atoms. The summed E-state index contributed by atoms with van der Waals surface area (Å²) >= 11 is 0. The van der Waals surface area contributed by atoms with Crippen LogP contribution in [0.2, 0.25) is 0 Å². The Morgan fingerprint density at radius 3 is 2.10 bits per heavy atom. The van der Waals surface area contributed by atoms with Gasteiger partial charge in [0.15, 0.2) is 0 Å². The number of benzene rings is 2. The van der Waals surface area contributed by atoms with Crippen molar-refractivity contribution in [3.8, 4) is 5.75 Å². The molecule has 0 radical (unpaired) electrons. The molecule has 0 aliphatic carbocycles. The van der Waals surface area contributed by atoms with Gasteiger partial charge in [-0.15, -0.1) is 5.46 Å². The van der Waals surface area contributed by atoms with E-state index in [1.807, 2.05) is 0 Å². The molecule has 0 heterocycles. The molecule has 0 aromatic heterocycles. The van der Waals surface area contributed by atoms with Gasteiger partial charge in [0.2, 0.25) is 0 Å². The molecule has 0 aliphatic heterocycles. The number of hydrogen-bond donors (Lipinski definition) is 0. The molecule has 2 aromatic carbocycles. The minimum atomic E-state index is -5.11. The van der Waals surface area contributed by atoms with Gasteiger partial charge in [0.25, 0.3) is 0 Å². The quantitative estimate of drug-likeness (QED) is 0.591. The van der Waals surface area contributed by atoms with Crippen molar-refractivity contribution in [3.05, 3.63) is 59.7 Å². The average molecular weight is 326 g/mol. The molecule has 0 saturated carbocycles. The van der Waals surface area contributed by atoms with Gasteiger partial charge in [-0.05, 0) is 29.8 Å². The molecule has 8 heteroatoms. The first-order valence-corrected chi connectivity index (χ1v) is 5.72. The van der Waals surface area contributed by atoms with Gasteiger partial charge in [-0.1, -0.05) is 12.1 Å². The molecule has 0 aliphatic rings. The molecule has 0 saturated heterocycles. The summed E-state index contributed by atoms with van der Waals surface area (Å²) in [5.41, 5.74) is -0.585. The van der Waals surface area contributed by atoms with E-state index in [0.29, 0.717) is 6.07 Å². The Morgan fingerprint density at radius 2 is 1.52 bits per heavy atom. The molecular weight excluding hydrogens is 317 g/mol. The third-order valence-electron chi connectivity index (χ3n) is 2.56. The van der Waals surface area contributed by atoms with Crippen molar-refractivity contribution in [3.63, 3.8) is 0 Å². The van der Waals surface area contributed by atoms with Gasteiger partial charge in [0, 0.05) is 6.07 Å². The predicted molar refractivity (Wildman–Crippen MR) is 65.8 cm³/mol. The summed E-state index contributed by atoms with van der Waals surface area (Å²) in [4.78, 5) is 0. The Hall–Kier alpha value is -0.409. The van der Waals surface area contributed by atoms with Crippen LogP contribution >= 0.6 is 0 Å². The van der Waals surface area contributed by atoms with Gasteiger partial charge in [-0.2, -0.15) is 0 Å². The first kappa shape index (κ1) is 18.6. The van der Waals surface area contributed by atoms with E-state index in [2.05, 4.69) is 0 Å². The second-order valence-corrected chi connectivity index (χ2v) is 4.21. The summed E-state index contributed by atoms with van der Waals surface area (Å²) in [6.45, 7) is -5.33. The van der Waals surface area contributed by atoms with Gasteiger partial charge in [-0.25, -0.2) is 8.78 Å². The molecule has 2 aromatic rings. The monoisotopic (exact) mass is 326 g/mol. The van der Waals surface area contributed by atoms with Crippen LogP contribution < -0.4 is 61.6 Å². The Balaban J connectivity index is 0.00000220.